The molecule has 0 aliphatic heterocycles. The largest absolute Gasteiger partial charge is 0.393 e. The third-order valence-corrected chi connectivity index (χ3v) is 5.72. The average molecular weight is 368 g/mol. The molecule has 1 fully saturated rings. The second-order valence-corrected chi connectivity index (χ2v) is 7.92. The summed E-state index contributed by atoms with van der Waals surface area (Å²) in [5.74, 6) is -0.0680. The minimum absolute atomic E-state index is 0.0680. The summed E-state index contributed by atoms with van der Waals surface area (Å²) in [6, 6.07) is 16.7. The molecule has 0 bridgehead atoms. The van der Waals surface area contributed by atoms with Crippen molar-refractivity contribution in [2.75, 3.05) is 0 Å². The molecule has 1 saturated carbocycles. The Bertz CT molecular complexity index is 762. The molecule has 2 N–H and O–H groups in total. The SMILES string of the molecule is Cc1ccc(Sc2ccccc2C=CC(=O)NC2CCC(O)CC2)cc1. The Labute approximate surface area is 159 Å². The zero-order chi connectivity index (χ0) is 18.4. The van der Waals surface area contributed by atoms with Gasteiger partial charge in [-0.15, -0.1) is 0 Å². The summed E-state index contributed by atoms with van der Waals surface area (Å²) in [5, 5.41) is 12.6. The van der Waals surface area contributed by atoms with Crippen LogP contribution in [0.4, 0.5) is 0 Å². The summed E-state index contributed by atoms with van der Waals surface area (Å²) in [4.78, 5) is 14.5. The van der Waals surface area contributed by atoms with E-state index in [1.807, 2.05) is 24.3 Å². The second kappa shape index (κ2) is 9.06. The lowest BCUT2D eigenvalue weighted by atomic mass is 9.93. The number of hydrogen-bond acceptors (Lipinski definition) is 3. The van der Waals surface area contributed by atoms with Crippen molar-refractivity contribution in [1.29, 1.82) is 0 Å². The quantitative estimate of drug-likeness (QED) is 0.761. The van der Waals surface area contributed by atoms with Gasteiger partial charge in [0.05, 0.1) is 6.10 Å². The van der Waals surface area contributed by atoms with Crippen LogP contribution in [-0.2, 0) is 4.79 Å². The average Bonchev–Trinajstić information content (AvgIpc) is 2.65. The monoisotopic (exact) mass is 367 g/mol. The van der Waals surface area contributed by atoms with Crippen molar-refractivity contribution in [3.63, 3.8) is 0 Å². The number of rotatable bonds is 5. The summed E-state index contributed by atoms with van der Waals surface area (Å²) in [7, 11) is 0. The van der Waals surface area contributed by atoms with Gasteiger partial charge in [0.1, 0.15) is 0 Å². The number of benzene rings is 2. The van der Waals surface area contributed by atoms with Crippen LogP contribution in [0.3, 0.4) is 0 Å². The van der Waals surface area contributed by atoms with Crippen LogP contribution >= 0.6 is 11.8 Å². The van der Waals surface area contributed by atoms with Crippen LogP contribution in [-0.4, -0.2) is 23.2 Å². The van der Waals surface area contributed by atoms with Crippen molar-refractivity contribution < 1.29 is 9.90 Å². The molecule has 3 nitrogen and oxygen atoms in total. The molecule has 3 rings (SSSR count). The standard InChI is InChI=1S/C22H25NO2S/c1-16-6-13-20(14-7-16)26-21-5-3-2-4-17(21)8-15-22(25)23-18-9-11-19(24)12-10-18/h2-8,13-15,18-19,24H,9-12H2,1H3,(H,23,25). The molecule has 0 spiro atoms. The van der Waals surface area contributed by atoms with E-state index in [-0.39, 0.29) is 18.1 Å². The smallest absolute Gasteiger partial charge is 0.244 e. The summed E-state index contributed by atoms with van der Waals surface area (Å²) in [6.45, 7) is 2.08. The predicted molar refractivity (Wildman–Crippen MR) is 107 cm³/mol. The van der Waals surface area contributed by atoms with Gasteiger partial charge in [0.25, 0.3) is 0 Å². The molecule has 1 aliphatic carbocycles. The van der Waals surface area contributed by atoms with E-state index < -0.39 is 0 Å². The maximum absolute atomic E-state index is 12.2. The van der Waals surface area contributed by atoms with E-state index in [0.29, 0.717) is 0 Å². The first-order valence-corrected chi connectivity index (χ1v) is 9.92. The molecule has 0 unspecified atom stereocenters. The molecular weight excluding hydrogens is 342 g/mol. The van der Waals surface area contributed by atoms with Gasteiger partial charge in [0, 0.05) is 21.9 Å². The predicted octanol–water partition coefficient (Wildman–Crippen LogP) is 4.58. The Balaban J connectivity index is 1.62. The molecule has 0 heterocycles. The van der Waals surface area contributed by atoms with Crippen LogP contribution in [0.25, 0.3) is 6.08 Å². The molecule has 1 amide bonds. The van der Waals surface area contributed by atoms with Crippen molar-refractivity contribution in [3.8, 4) is 0 Å². The molecule has 0 saturated heterocycles. The number of aryl methyl sites for hydroxylation is 1. The zero-order valence-electron chi connectivity index (χ0n) is 15.0. The van der Waals surface area contributed by atoms with Crippen molar-refractivity contribution in [1.82, 2.24) is 5.32 Å². The summed E-state index contributed by atoms with van der Waals surface area (Å²) < 4.78 is 0. The maximum Gasteiger partial charge on any atom is 0.244 e. The first kappa shape index (κ1) is 18.7. The highest BCUT2D eigenvalue weighted by atomic mass is 32.2. The van der Waals surface area contributed by atoms with Crippen LogP contribution in [0.2, 0.25) is 0 Å². The van der Waals surface area contributed by atoms with Gasteiger partial charge in [-0.05, 0) is 62.4 Å². The van der Waals surface area contributed by atoms with Crippen LogP contribution in [0, 0.1) is 6.92 Å². The van der Waals surface area contributed by atoms with Crippen molar-refractivity contribution >= 4 is 23.7 Å². The number of nitrogens with one attached hydrogen (secondary N) is 1. The van der Waals surface area contributed by atoms with Gasteiger partial charge in [-0.3, -0.25) is 4.79 Å². The highest BCUT2D eigenvalue weighted by molar-refractivity contribution is 7.99. The van der Waals surface area contributed by atoms with Gasteiger partial charge in [0.2, 0.25) is 5.91 Å². The molecule has 2 aromatic rings. The summed E-state index contributed by atoms with van der Waals surface area (Å²) in [6.07, 6.45) is 6.52. The minimum atomic E-state index is -0.204. The number of amides is 1. The van der Waals surface area contributed by atoms with Gasteiger partial charge < -0.3 is 10.4 Å². The number of aliphatic hydroxyl groups excluding tert-OH is 1. The number of aliphatic hydroxyl groups is 1. The number of carbonyl (C=O) groups excluding carboxylic acids is 1. The van der Waals surface area contributed by atoms with E-state index in [0.717, 1.165) is 36.1 Å². The molecule has 136 valence electrons. The van der Waals surface area contributed by atoms with Gasteiger partial charge >= 0.3 is 0 Å². The molecular formula is C22H25NO2S. The highest BCUT2D eigenvalue weighted by Crippen LogP contribution is 2.31. The molecule has 2 aromatic carbocycles. The first-order chi connectivity index (χ1) is 12.6. The lowest BCUT2D eigenvalue weighted by molar-refractivity contribution is -0.117. The van der Waals surface area contributed by atoms with Crippen LogP contribution < -0.4 is 5.32 Å². The summed E-state index contributed by atoms with van der Waals surface area (Å²) >= 11 is 1.70. The molecule has 4 heteroatoms. The van der Waals surface area contributed by atoms with Gasteiger partial charge in [0.15, 0.2) is 0 Å². The van der Waals surface area contributed by atoms with E-state index in [1.165, 1.54) is 10.5 Å². The normalized spacial score (nSPS) is 20.2. The van der Waals surface area contributed by atoms with Gasteiger partial charge in [-0.1, -0.05) is 47.7 Å². The number of carbonyl (C=O) groups is 1. The second-order valence-electron chi connectivity index (χ2n) is 6.80. The zero-order valence-corrected chi connectivity index (χ0v) is 15.8. The van der Waals surface area contributed by atoms with Crippen LogP contribution in [0.1, 0.15) is 36.8 Å². The fourth-order valence-corrected chi connectivity index (χ4v) is 4.01. The molecule has 0 aromatic heterocycles. The lowest BCUT2D eigenvalue weighted by Gasteiger charge is -2.25. The Morgan fingerprint density at radius 3 is 2.50 bits per heavy atom. The lowest BCUT2D eigenvalue weighted by Crippen LogP contribution is -2.37. The topological polar surface area (TPSA) is 49.3 Å². The number of hydrogen-bond donors (Lipinski definition) is 2. The van der Waals surface area contributed by atoms with Crippen molar-refractivity contribution in [2.45, 2.75) is 54.5 Å². The third kappa shape index (κ3) is 5.48. The fourth-order valence-electron chi connectivity index (χ4n) is 3.08. The molecule has 0 atom stereocenters. The van der Waals surface area contributed by atoms with E-state index in [1.54, 1.807) is 17.8 Å². The van der Waals surface area contributed by atoms with E-state index >= 15 is 0 Å². The molecule has 0 radical (unpaired) electrons. The summed E-state index contributed by atoms with van der Waals surface area (Å²) in [5.41, 5.74) is 2.28. The maximum atomic E-state index is 12.2. The Morgan fingerprint density at radius 2 is 1.77 bits per heavy atom. The van der Waals surface area contributed by atoms with E-state index in [2.05, 4.69) is 42.6 Å². The van der Waals surface area contributed by atoms with Crippen LogP contribution in [0.15, 0.2) is 64.4 Å². The first-order valence-electron chi connectivity index (χ1n) is 9.10. The van der Waals surface area contributed by atoms with Gasteiger partial charge in [-0.2, -0.15) is 0 Å². The fraction of sp³-hybridized carbons (Fsp3) is 0.318. The van der Waals surface area contributed by atoms with Crippen LogP contribution in [0.5, 0.6) is 0 Å². The molecule has 26 heavy (non-hydrogen) atoms. The Hall–Kier alpha value is -2.04. The molecule has 1 aliphatic rings. The van der Waals surface area contributed by atoms with Crippen molar-refractivity contribution in [2.24, 2.45) is 0 Å². The minimum Gasteiger partial charge on any atom is -0.393 e. The van der Waals surface area contributed by atoms with E-state index in [4.69, 9.17) is 0 Å². The van der Waals surface area contributed by atoms with E-state index in [9.17, 15) is 9.90 Å². The third-order valence-electron chi connectivity index (χ3n) is 4.63. The van der Waals surface area contributed by atoms with Crippen molar-refractivity contribution in [3.05, 3.63) is 65.7 Å². The Morgan fingerprint density at radius 1 is 1.08 bits per heavy atom. The highest BCUT2D eigenvalue weighted by Gasteiger charge is 2.19. The Kier molecular flexibility index (Phi) is 6.53. The van der Waals surface area contributed by atoms with Gasteiger partial charge in [-0.25, -0.2) is 0 Å².